The summed E-state index contributed by atoms with van der Waals surface area (Å²) < 4.78 is 10.8. The first-order valence-electron chi connectivity index (χ1n) is 9.26. The van der Waals surface area contributed by atoms with Gasteiger partial charge < -0.3 is 14.5 Å². The van der Waals surface area contributed by atoms with Crippen molar-refractivity contribution in [1.29, 1.82) is 0 Å². The van der Waals surface area contributed by atoms with Crippen LogP contribution in [-0.2, 0) is 0 Å². The molecule has 6 heteroatoms. The van der Waals surface area contributed by atoms with Gasteiger partial charge in [0.05, 0.1) is 19.3 Å². The molecule has 146 valence electrons. The average Bonchev–Trinajstić information content (AvgIpc) is 3.26. The van der Waals surface area contributed by atoms with Crippen LogP contribution in [0.1, 0.15) is 36.6 Å². The summed E-state index contributed by atoms with van der Waals surface area (Å²) in [5, 5.41) is 15.5. The molecular formula is C22H24N2O4. The van der Waals surface area contributed by atoms with Gasteiger partial charge in [0.25, 0.3) is 0 Å². The van der Waals surface area contributed by atoms with E-state index in [9.17, 15) is 10.1 Å². The van der Waals surface area contributed by atoms with Crippen molar-refractivity contribution < 1.29 is 14.1 Å². The number of benzene rings is 2. The molecule has 6 nitrogen and oxygen atoms in total. The van der Waals surface area contributed by atoms with Crippen molar-refractivity contribution in [3.05, 3.63) is 94.4 Å². The summed E-state index contributed by atoms with van der Waals surface area (Å²) in [5.74, 6) is 0.991. The van der Waals surface area contributed by atoms with Crippen molar-refractivity contribution in [3.63, 3.8) is 0 Å². The Hall–Kier alpha value is -3.28. The van der Waals surface area contributed by atoms with Crippen LogP contribution in [0.2, 0.25) is 0 Å². The Labute approximate surface area is 164 Å². The fourth-order valence-electron chi connectivity index (χ4n) is 3.54. The molecule has 0 saturated heterocycles. The van der Waals surface area contributed by atoms with Crippen molar-refractivity contribution in [1.82, 2.24) is 0 Å². The van der Waals surface area contributed by atoms with Gasteiger partial charge in [-0.1, -0.05) is 37.3 Å². The maximum atomic E-state index is 12.2. The highest BCUT2D eigenvalue weighted by Crippen LogP contribution is 2.36. The number of hydrogen-bond acceptors (Lipinski definition) is 5. The zero-order chi connectivity index (χ0) is 19.9. The number of ether oxygens (including phenoxy) is 1. The summed E-state index contributed by atoms with van der Waals surface area (Å²) in [4.78, 5) is 12.0. The second-order valence-electron chi connectivity index (χ2n) is 6.57. The molecule has 0 spiro atoms. The average molecular weight is 380 g/mol. The number of methoxy groups -OCH3 is 1. The molecule has 0 amide bonds. The molecule has 3 rings (SSSR count). The highest BCUT2D eigenvalue weighted by atomic mass is 16.6. The van der Waals surface area contributed by atoms with E-state index in [4.69, 9.17) is 9.15 Å². The second-order valence-corrected chi connectivity index (χ2v) is 6.57. The molecule has 3 atom stereocenters. The minimum absolute atomic E-state index is 0.203. The zero-order valence-corrected chi connectivity index (χ0v) is 15.9. The van der Waals surface area contributed by atoms with Crippen molar-refractivity contribution >= 4 is 5.69 Å². The van der Waals surface area contributed by atoms with Crippen molar-refractivity contribution in [2.45, 2.75) is 31.3 Å². The number of anilines is 1. The van der Waals surface area contributed by atoms with Gasteiger partial charge in [-0.15, -0.1) is 0 Å². The third-order valence-electron chi connectivity index (χ3n) is 4.93. The van der Waals surface area contributed by atoms with E-state index < -0.39 is 12.1 Å². The molecular weight excluding hydrogens is 356 g/mol. The van der Waals surface area contributed by atoms with Gasteiger partial charge in [0, 0.05) is 10.6 Å². The smallest absolute Gasteiger partial charge is 0.246 e. The minimum Gasteiger partial charge on any atom is -0.497 e. The Morgan fingerprint density at radius 2 is 1.79 bits per heavy atom. The monoisotopic (exact) mass is 380 g/mol. The molecule has 0 radical (unpaired) electrons. The van der Waals surface area contributed by atoms with Crippen LogP contribution in [0.15, 0.2) is 77.4 Å². The number of nitrogens with one attached hydrogen (secondary N) is 1. The molecule has 1 heterocycles. The molecule has 3 aromatic rings. The van der Waals surface area contributed by atoms with E-state index in [1.54, 1.807) is 25.5 Å². The number of furan rings is 1. The lowest BCUT2D eigenvalue weighted by Gasteiger charge is -2.27. The van der Waals surface area contributed by atoms with Gasteiger partial charge in [0.15, 0.2) is 6.04 Å². The normalized spacial score (nSPS) is 14.1. The Morgan fingerprint density at radius 1 is 1.07 bits per heavy atom. The van der Waals surface area contributed by atoms with Crippen LogP contribution >= 0.6 is 0 Å². The van der Waals surface area contributed by atoms with Gasteiger partial charge in [0.2, 0.25) is 6.04 Å². The predicted molar refractivity (Wildman–Crippen MR) is 108 cm³/mol. The number of hydrogen-bond donors (Lipinski definition) is 1. The third-order valence-corrected chi connectivity index (χ3v) is 4.93. The van der Waals surface area contributed by atoms with E-state index in [2.05, 4.69) is 5.32 Å². The van der Waals surface area contributed by atoms with Gasteiger partial charge in [-0.05, 0) is 48.4 Å². The third kappa shape index (κ3) is 4.34. The second kappa shape index (κ2) is 9.08. The standard InChI is InChI=1S/C22H24N2O4/c1-3-19(16-8-5-4-6-9-16)22(24(25)26)21(20-10-7-15-28-20)23-17-11-13-18(27-2)14-12-17/h4-15,19,21-23H,3H2,1-2H3/t19-,21+,22+/m1/s1. The SMILES string of the molecule is CC[C@H](c1ccccc1)[C@@H]([C@@H](Nc1ccc(OC)cc1)c1ccco1)[N+](=O)[O-]. The van der Waals surface area contributed by atoms with Crippen molar-refractivity contribution in [2.75, 3.05) is 12.4 Å². The van der Waals surface area contributed by atoms with E-state index in [1.165, 1.54) is 0 Å². The van der Waals surface area contributed by atoms with Crippen LogP contribution in [0.5, 0.6) is 5.75 Å². The Bertz CT molecular complexity index is 863. The molecule has 0 unspecified atom stereocenters. The molecule has 28 heavy (non-hydrogen) atoms. The molecule has 0 aliphatic rings. The molecule has 0 saturated carbocycles. The van der Waals surface area contributed by atoms with Crippen LogP contribution in [0.4, 0.5) is 5.69 Å². The fraction of sp³-hybridized carbons (Fsp3) is 0.273. The summed E-state index contributed by atoms with van der Waals surface area (Å²) in [6.07, 6.45) is 2.18. The van der Waals surface area contributed by atoms with E-state index in [0.717, 1.165) is 17.0 Å². The molecule has 1 aromatic heterocycles. The Morgan fingerprint density at radius 3 is 2.32 bits per heavy atom. The number of nitrogens with zero attached hydrogens (tertiary/aromatic N) is 1. The van der Waals surface area contributed by atoms with E-state index in [0.29, 0.717) is 12.2 Å². The highest BCUT2D eigenvalue weighted by Gasteiger charge is 2.41. The van der Waals surface area contributed by atoms with Gasteiger partial charge in [-0.3, -0.25) is 10.1 Å². The molecule has 0 bridgehead atoms. The van der Waals surface area contributed by atoms with Crippen molar-refractivity contribution in [2.24, 2.45) is 0 Å². The first-order chi connectivity index (χ1) is 13.6. The lowest BCUT2D eigenvalue weighted by atomic mass is 9.84. The summed E-state index contributed by atoms with van der Waals surface area (Å²) >= 11 is 0. The van der Waals surface area contributed by atoms with Gasteiger partial charge in [0.1, 0.15) is 11.5 Å². The molecule has 2 aromatic carbocycles. The Kier molecular flexibility index (Phi) is 6.32. The largest absolute Gasteiger partial charge is 0.497 e. The first kappa shape index (κ1) is 19.5. The van der Waals surface area contributed by atoms with Gasteiger partial charge >= 0.3 is 0 Å². The number of rotatable bonds is 9. The van der Waals surface area contributed by atoms with Gasteiger partial charge in [-0.25, -0.2) is 0 Å². The van der Waals surface area contributed by atoms with Crippen LogP contribution < -0.4 is 10.1 Å². The summed E-state index contributed by atoms with van der Waals surface area (Å²) in [6, 6.07) is 18.9. The lowest BCUT2D eigenvalue weighted by Crippen LogP contribution is -2.37. The first-order valence-corrected chi connectivity index (χ1v) is 9.26. The summed E-state index contributed by atoms with van der Waals surface area (Å²) in [6.45, 7) is 1.97. The fourth-order valence-corrected chi connectivity index (χ4v) is 3.54. The molecule has 0 aliphatic carbocycles. The predicted octanol–water partition coefficient (Wildman–Crippen LogP) is 5.28. The molecule has 1 N–H and O–H groups in total. The topological polar surface area (TPSA) is 77.5 Å². The van der Waals surface area contributed by atoms with E-state index in [1.807, 2.05) is 61.5 Å². The lowest BCUT2D eigenvalue weighted by molar-refractivity contribution is -0.530. The van der Waals surface area contributed by atoms with Gasteiger partial charge in [-0.2, -0.15) is 0 Å². The summed E-state index contributed by atoms with van der Waals surface area (Å²) in [5.41, 5.74) is 1.71. The molecule has 0 fully saturated rings. The van der Waals surface area contributed by atoms with E-state index in [-0.39, 0.29) is 10.8 Å². The number of nitro groups is 1. The quantitative estimate of drug-likeness (QED) is 0.404. The van der Waals surface area contributed by atoms with Crippen molar-refractivity contribution in [3.8, 4) is 5.75 Å². The van der Waals surface area contributed by atoms with Crippen LogP contribution in [0.25, 0.3) is 0 Å². The minimum atomic E-state index is -0.902. The van der Waals surface area contributed by atoms with Crippen LogP contribution in [0, 0.1) is 10.1 Å². The van der Waals surface area contributed by atoms with E-state index >= 15 is 0 Å². The summed E-state index contributed by atoms with van der Waals surface area (Å²) in [7, 11) is 1.60. The maximum absolute atomic E-state index is 12.2. The highest BCUT2D eigenvalue weighted by molar-refractivity contribution is 5.48. The molecule has 0 aliphatic heterocycles. The van der Waals surface area contributed by atoms with Crippen LogP contribution in [0.3, 0.4) is 0 Å². The Balaban J connectivity index is 1.99. The zero-order valence-electron chi connectivity index (χ0n) is 15.9. The van der Waals surface area contributed by atoms with Crippen LogP contribution in [-0.4, -0.2) is 18.1 Å². The maximum Gasteiger partial charge on any atom is 0.246 e.